The highest BCUT2D eigenvalue weighted by Gasteiger charge is 2.49. The predicted octanol–water partition coefficient (Wildman–Crippen LogP) is 1.88. The van der Waals surface area contributed by atoms with Gasteiger partial charge in [-0.25, -0.2) is 9.18 Å². The second-order valence-corrected chi connectivity index (χ2v) is 8.75. The van der Waals surface area contributed by atoms with Crippen LogP contribution in [0.25, 0.3) is 10.4 Å². The molecule has 27 heavy (non-hydrogen) atoms. The van der Waals surface area contributed by atoms with Gasteiger partial charge in [0.25, 0.3) is 0 Å². The lowest BCUT2D eigenvalue weighted by molar-refractivity contribution is -0.931. The quantitative estimate of drug-likeness (QED) is 0.718. The van der Waals surface area contributed by atoms with Crippen molar-refractivity contribution in [3.8, 4) is 10.4 Å². The summed E-state index contributed by atoms with van der Waals surface area (Å²) in [6, 6.07) is 9.35. The first-order valence-electron chi connectivity index (χ1n) is 9.08. The van der Waals surface area contributed by atoms with Crippen molar-refractivity contribution in [3.05, 3.63) is 41.5 Å². The summed E-state index contributed by atoms with van der Waals surface area (Å²) in [5.74, 6) is -0.323. The van der Waals surface area contributed by atoms with Crippen LogP contribution >= 0.6 is 11.3 Å². The zero-order chi connectivity index (χ0) is 18.3. The standard InChI is InChI=1S/C20H23FN2O2S.BrH/c1-23(2)14-6-7-15(23)12-16(11-14)25-20(24)22-18-8-5-13(21)10-17(18)19-4-3-9-26-19;/h3-5,8-10,14-16H,6-7,11-12H2,1-2H3;1H/t14-,15+,16?;. The van der Waals surface area contributed by atoms with Gasteiger partial charge in [-0.15, -0.1) is 11.3 Å². The number of fused-ring (bicyclic) bond motifs is 2. The third-order valence-electron chi connectivity index (χ3n) is 6.06. The minimum absolute atomic E-state index is 0. The molecule has 2 aromatic rings. The predicted molar refractivity (Wildman–Crippen MR) is 102 cm³/mol. The van der Waals surface area contributed by atoms with Gasteiger partial charge in [-0.2, -0.15) is 0 Å². The van der Waals surface area contributed by atoms with Gasteiger partial charge in [0.15, 0.2) is 0 Å². The maximum Gasteiger partial charge on any atom is 0.411 e. The molecule has 7 heteroatoms. The molecule has 2 bridgehead atoms. The molecule has 3 heterocycles. The highest BCUT2D eigenvalue weighted by molar-refractivity contribution is 7.13. The fourth-order valence-electron chi connectivity index (χ4n) is 4.48. The average molecular weight is 455 g/mol. The van der Waals surface area contributed by atoms with Crippen molar-refractivity contribution in [2.75, 3.05) is 19.4 Å². The number of amides is 1. The molecular weight excluding hydrogens is 431 g/mol. The normalized spacial score (nSPS) is 25.5. The summed E-state index contributed by atoms with van der Waals surface area (Å²) < 4.78 is 20.4. The number of piperidine rings is 1. The number of carbonyl (C=O) groups is 1. The van der Waals surface area contributed by atoms with Gasteiger partial charge in [0.1, 0.15) is 11.9 Å². The van der Waals surface area contributed by atoms with E-state index >= 15 is 0 Å². The first kappa shape index (κ1) is 20.3. The fraction of sp³-hybridized carbons (Fsp3) is 0.450. The minimum atomic E-state index is -0.453. The number of quaternary nitrogens is 1. The highest BCUT2D eigenvalue weighted by atomic mass is 79.9. The van der Waals surface area contributed by atoms with Crippen LogP contribution in [0.1, 0.15) is 25.7 Å². The van der Waals surface area contributed by atoms with Crippen LogP contribution in [0, 0.1) is 5.82 Å². The number of hydrogen-bond acceptors (Lipinski definition) is 3. The Labute approximate surface area is 173 Å². The van der Waals surface area contributed by atoms with Crippen LogP contribution in [0.3, 0.4) is 0 Å². The molecule has 2 saturated heterocycles. The van der Waals surface area contributed by atoms with Gasteiger partial charge in [0, 0.05) is 36.1 Å². The van der Waals surface area contributed by atoms with Crippen molar-refractivity contribution in [2.24, 2.45) is 0 Å². The molecule has 1 aromatic heterocycles. The van der Waals surface area contributed by atoms with E-state index in [0.717, 1.165) is 22.2 Å². The van der Waals surface area contributed by atoms with Crippen LogP contribution in [-0.2, 0) is 4.74 Å². The Hall–Kier alpha value is -1.44. The minimum Gasteiger partial charge on any atom is -1.00 e. The Bertz CT molecular complexity index is 796. The van der Waals surface area contributed by atoms with E-state index in [0.29, 0.717) is 23.3 Å². The number of halogens is 2. The summed E-state index contributed by atoms with van der Waals surface area (Å²) in [7, 11) is 4.56. The van der Waals surface area contributed by atoms with Gasteiger partial charge in [-0.05, 0) is 29.6 Å². The third kappa shape index (κ3) is 4.05. The van der Waals surface area contributed by atoms with Crippen molar-refractivity contribution in [1.29, 1.82) is 0 Å². The van der Waals surface area contributed by atoms with E-state index in [1.165, 1.54) is 36.3 Å². The van der Waals surface area contributed by atoms with Crippen LogP contribution in [0.2, 0.25) is 0 Å². The van der Waals surface area contributed by atoms with Gasteiger partial charge in [0.2, 0.25) is 0 Å². The Morgan fingerprint density at radius 1 is 1.22 bits per heavy atom. The molecule has 2 aliphatic heterocycles. The molecule has 0 radical (unpaired) electrons. The molecule has 2 aliphatic rings. The Morgan fingerprint density at radius 2 is 1.93 bits per heavy atom. The number of ether oxygens (including phenoxy) is 1. The monoisotopic (exact) mass is 454 g/mol. The number of hydrogen-bond donors (Lipinski definition) is 1. The first-order chi connectivity index (χ1) is 12.4. The van der Waals surface area contributed by atoms with E-state index in [2.05, 4.69) is 19.4 Å². The molecule has 1 amide bonds. The molecule has 3 atom stereocenters. The maximum atomic E-state index is 13.7. The van der Waals surface area contributed by atoms with Crippen LogP contribution in [0.15, 0.2) is 35.7 Å². The van der Waals surface area contributed by atoms with Crippen molar-refractivity contribution in [1.82, 2.24) is 0 Å². The SMILES string of the molecule is C[N+]1(C)[C@@H]2CC[C@H]1CC(OC(=O)Nc1ccc(F)cc1-c1cccs1)C2.[Br-]. The molecule has 146 valence electrons. The summed E-state index contributed by atoms with van der Waals surface area (Å²) in [5.41, 5.74) is 1.26. The first-order valence-corrected chi connectivity index (χ1v) is 9.96. The van der Waals surface area contributed by atoms with Crippen molar-refractivity contribution >= 4 is 23.1 Å². The van der Waals surface area contributed by atoms with Crippen LogP contribution < -0.4 is 22.3 Å². The summed E-state index contributed by atoms with van der Waals surface area (Å²) in [5, 5.41) is 4.75. The van der Waals surface area contributed by atoms with Crippen LogP contribution in [0.5, 0.6) is 0 Å². The zero-order valence-electron chi connectivity index (χ0n) is 15.5. The molecule has 0 aliphatic carbocycles. The highest BCUT2D eigenvalue weighted by Crippen LogP contribution is 2.40. The largest absolute Gasteiger partial charge is 1.00 e. The van der Waals surface area contributed by atoms with Gasteiger partial charge < -0.3 is 26.2 Å². The molecule has 1 N–H and O–H groups in total. The molecule has 2 fully saturated rings. The molecular formula is C20H24BrFN2O2S. The van der Waals surface area contributed by atoms with E-state index in [1.54, 1.807) is 6.07 Å². The summed E-state index contributed by atoms with van der Waals surface area (Å²) >= 11 is 1.51. The van der Waals surface area contributed by atoms with Crippen LogP contribution in [-0.4, -0.2) is 42.9 Å². The number of nitrogens with one attached hydrogen (secondary N) is 1. The lowest BCUT2D eigenvalue weighted by Gasteiger charge is -2.43. The maximum absolute atomic E-state index is 13.7. The molecule has 0 saturated carbocycles. The zero-order valence-corrected chi connectivity index (χ0v) is 17.9. The van der Waals surface area contributed by atoms with E-state index in [1.807, 2.05) is 17.5 Å². The Morgan fingerprint density at radius 3 is 2.56 bits per heavy atom. The molecule has 4 rings (SSSR count). The summed E-state index contributed by atoms with van der Waals surface area (Å²) in [6.45, 7) is 0. The number of thiophene rings is 1. The van der Waals surface area contributed by atoms with Gasteiger partial charge in [0.05, 0.1) is 31.9 Å². The van der Waals surface area contributed by atoms with E-state index in [-0.39, 0.29) is 28.9 Å². The Balaban J connectivity index is 0.00000210. The molecule has 1 aromatic carbocycles. The smallest absolute Gasteiger partial charge is 0.411 e. The lowest BCUT2D eigenvalue weighted by Crippen LogP contribution is -3.00. The van der Waals surface area contributed by atoms with Gasteiger partial charge in [-0.3, -0.25) is 5.32 Å². The van der Waals surface area contributed by atoms with E-state index in [9.17, 15) is 9.18 Å². The average Bonchev–Trinajstić information content (AvgIpc) is 3.13. The number of nitrogens with zero attached hydrogens (tertiary/aromatic N) is 1. The molecule has 4 nitrogen and oxygen atoms in total. The summed E-state index contributed by atoms with van der Waals surface area (Å²) in [4.78, 5) is 13.4. The lowest BCUT2D eigenvalue weighted by atomic mass is 9.98. The number of anilines is 1. The van der Waals surface area contributed by atoms with E-state index < -0.39 is 6.09 Å². The molecule has 0 spiro atoms. The van der Waals surface area contributed by atoms with Crippen molar-refractivity contribution < 1.29 is 35.4 Å². The number of rotatable bonds is 3. The molecule has 1 unspecified atom stereocenters. The number of carbonyl (C=O) groups excluding carboxylic acids is 1. The fourth-order valence-corrected chi connectivity index (χ4v) is 5.24. The van der Waals surface area contributed by atoms with Crippen molar-refractivity contribution in [2.45, 2.75) is 43.9 Å². The Kier molecular flexibility index (Phi) is 5.93. The second kappa shape index (κ2) is 7.89. The third-order valence-corrected chi connectivity index (χ3v) is 6.97. The second-order valence-electron chi connectivity index (χ2n) is 7.81. The number of benzene rings is 1. The van der Waals surface area contributed by atoms with Crippen molar-refractivity contribution in [3.63, 3.8) is 0 Å². The van der Waals surface area contributed by atoms with E-state index in [4.69, 9.17) is 4.74 Å². The van der Waals surface area contributed by atoms with Gasteiger partial charge >= 0.3 is 6.09 Å². The summed E-state index contributed by atoms with van der Waals surface area (Å²) in [6.07, 6.45) is 3.76. The van der Waals surface area contributed by atoms with Gasteiger partial charge in [-0.1, -0.05) is 6.07 Å². The van der Waals surface area contributed by atoms with Crippen LogP contribution in [0.4, 0.5) is 14.9 Å². The topological polar surface area (TPSA) is 38.3 Å².